The number of hydrogen-bond donors (Lipinski definition) is 1. The fraction of sp³-hybridized carbons (Fsp3) is 0.154. The van der Waals surface area contributed by atoms with Gasteiger partial charge in [-0.15, -0.1) is 0 Å². The van der Waals surface area contributed by atoms with Crippen molar-refractivity contribution >= 4 is 22.5 Å². The average Bonchev–Trinajstić information content (AvgIpc) is 2.77. The lowest BCUT2D eigenvalue weighted by atomic mass is 10.1. The number of aryl methyl sites for hydroxylation is 1. The SMILES string of the molecule is CCOc1cc(-c2ccccc2)nc2ccc(C(=O)Nc3cccc(C)c3C)cc12. The Kier molecular flexibility index (Phi) is 5.48. The highest BCUT2D eigenvalue weighted by Gasteiger charge is 2.13. The van der Waals surface area contributed by atoms with Crippen LogP contribution in [0.3, 0.4) is 0 Å². The zero-order valence-corrected chi connectivity index (χ0v) is 17.4. The number of benzene rings is 3. The van der Waals surface area contributed by atoms with Gasteiger partial charge >= 0.3 is 0 Å². The fourth-order valence-corrected chi connectivity index (χ4v) is 3.45. The zero-order valence-electron chi connectivity index (χ0n) is 17.4. The molecule has 30 heavy (non-hydrogen) atoms. The number of pyridine rings is 1. The van der Waals surface area contributed by atoms with Crippen molar-refractivity contribution < 1.29 is 9.53 Å². The largest absolute Gasteiger partial charge is 0.493 e. The summed E-state index contributed by atoms with van der Waals surface area (Å²) in [7, 11) is 0. The highest BCUT2D eigenvalue weighted by molar-refractivity contribution is 6.07. The molecule has 0 fully saturated rings. The molecule has 3 aromatic carbocycles. The Morgan fingerprint density at radius 3 is 2.53 bits per heavy atom. The minimum absolute atomic E-state index is 0.153. The van der Waals surface area contributed by atoms with Crippen molar-refractivity contribution in [3.8, 4) is 17.0 Å². The van der Waals surface area contributed by atoms with Gasteiger partial charge in [-0.05, 0) is 56.2 Å². The lowest BCUT2D eigenvalue weighted by molar-refractivity contribution is 0.102. The van der Waals surface area contributed by atoms with Gasteiger partial charge in [0, 0.05) is 28.3 Å². The van der Waals surface area contributed by atoms with Gasteiger partial charge in [0.15, 0.2) is 0 Å². The number of amides is 1. The third-order valence-electron chi connectivity index (χ3n) is 5.26. The van der Waals surface area contributed by atoms with Crippen molar-refractivity contribution in [3.05, 3.63) is 89.5 Å². The molecular formula is C26H24N2O2. The molecular weight excluding hydrogens is 372 g/mol. The van der Waals surface area contributed by atoms with Crippen molar-refractivity contribution in [1.82, 2.24) is 4.98 Å². The highest BCUT2D eigenvalue weighted by atomic mass is 16.5. The molecule has 0 radical (unpaired) electrons. The predicted molar refractivity (Wildman–Crippen MR) is 122 cm³/mol. The minimum Gasteiger partial charge on any atom is -0.493 e. The van der Waals surface area contributed by atoms with E-state index in [0.29, 0.717) is 12.2 Å². The fourth-order valence-electron chi connectivity index (χ4n) is 3.45. The normalized spacial score (nSPS) is 10.8. The molecule has 1 amide bonds. The lowest BCUT2D eigenvalue weighted by Gasteiger charge is -2.13. The first-order valence-electron chi connectivity index (χ1n) is 10.1. The van der Waals surface area contributed by atoms with Crippen LogP contribution in [0.25, 0.3) is 22.2 Å². The van der Waals surface area contributed by atoms with E-state index < -0.39 is 0 Å². The van der Waals surface area contributed by atoms with Gasteiger partial charge in [-0.25, -0.2) is 4.98 Å². The molecule has 0 bridgehead atoms. The van der Waals surface area contributed by atoms with E-state index in [1.54, 1.807) is 6.07 Å². The van der Waals surface area contributed by atoms with Crippen molar-refractivity contribution in [2.24, 2.45) is 0 Å². The second-order valence-corrected chi connectivity index (χ2v) is 7.24. The molecule has 0 aliphatic heterocycles. The van der Waals surface area contributed by atoms with Crippen LogP contribution >= 0.6 is 0 Å². The Hall–Kier alpha value is -3.66. The number of carbonyl (C=O) groups is 1. The molecule has 0 saturated carbocycles. The molecule has 150 valence electrons. The van der Waals surface area contributed by atoms with Gasteiger partial charge in [-0.3, -0.25) is 4.79 Å². The maximum Gasteiger partial charge on any atom is 0.255 e. The van der Waals surface area contributed by atoms with E-state index in [2.05, 4.69) is 5.32 Å². The van der Waals surface area contributed by atoms with Crippen molar-refractivity contribution in [2.45, 2.75) is 20.8 Å². The molecule has 4 aromatic rings. The second kappa shape index (κ2) is 8.37. The molecule has 0 atom stereocenters. The summed E-state index contributed by atoms with van der Waals surface area (Å²) < 4.78 is 5.90. The number of rotatable bonds is 5. The molecule has 0 unspecified atom stereocenters. The maximum atomic E-state index is 12.9. The third kappa shape index (κ3) is 3.90. The topological polar surface area (TPSA) is 51.2 Å². The van der Waals surface area contributed by atoms with Gasteiger partial charge in [0.2, 0.25) is 0 Å². The Balaban J connectivity index is 1.73. The van der Waals surface area contributed by atoms with Crippen LogP contribution in [0.4, 0.5) is 5.69 Å². The number of carbonyl (C=O) groups excluding carboxylic acids is 1. The van der Waals surface area contributed by atoms with E-state index in [0.717, 1.165) is 44.7 Å². The number of anilines is 1. The Morgan fingerprint density at radius 2 is 1.77 bits per heavy atom. The third-order valence-corrected chi connectivity index (χ3v) is 5.26. The zero-order chi connectivity index (χ0) is 21.1. The molecule has 0 aliphatic carbocycles. The Morgan fingerprint density at radius 1 is 0.967 bits per heavy atom. The van der Waals surface area contributed by atoms with E-state index in [4.69, 9.17) is 9.72 Å². The number of hydrogen-bond acceptors (Lipinski definition) is 3. The summed E-state index contributed by atoms with van der Waals surface area (Å²) in [5.74, 6) is 0.572. The summed E-state index contributed by atoms with van der Waals surface area (Å²) in [6.45, 7) is 6.52. The molecule has 4 nitrogen and oxygen atoms in total. The van der Waals surface area contributed by atoms with Crippen LogP contribution in [-0.2, 0) is 0 Å². The summed E-state index contributed by atoms with van der Waals surface area (Å²) >= 11 is 0. The summed E-state index contributed by atoms with van der Waals surface area (Å²) in [6.07, 6.45) is 0. The first kappa shape index (κ1) is 19.6. The van der Waals surface area contributed by atoms with Crippen LogP contribution < -0.4 is 10.1 Å². The summed E-state index contributed by atoms with van der Waals surface area (Å²) in [6, 6.07) is 23.4. The number of nitrogens with one attached hydrogen (secondary N) is 1. The Labute approximate surface area is 176 Å². The van der Waals surface area contributed by atoms with E-state index in [1.165, 1.54) is 0 Å². The Bertz CT molecular complexity index is 1220. The standard InChI is InChI=1S/C26H24N2O2/c1-4-30-25-16-24(19-10-6-5-7-11-19)27-23-14-13-20(15-21(23)25)26(29)28-22-12-8-9-17(2)18(22)3/h5-16H,4H2,1-3H3,(H,28,29). The molecule has 4 rings (SSSR count). The molecule has 0 spiro atoms. The molecule has 0 saturated heterocycles. The van der Waals surface area contributed by atoms with Gasteiger partial charge in [0.1, 0.15) is 5.75 Å². The van der Waals surface area contributed by atoms with E-state index in [9.17, 15) is 4.79 Å². The smallest absolute Gasteiger partial charge is 0.255 e. The van der Waals surface area contributed by atoms with Gasteiger partial charge in [0.05, 0.1) is 17.8 Å². The van der Waals surface area contributed by atoms with Crippen molar-refractivity contribution in [2.75, 3.05) is 11.9 Å². The highest BCUT2D eigenvalue weighted by Crippen LogP contribution is 2.31. The van der Waals surface area contributed by atoms with Gasteiger partial charge < -0.3 is 10.1 Å². The predicted octanol–water partition coefficient (Wildman–Crippen LogP) is 6.17. The summed E-state index contributed by atoms with van der Waals surface area (Å²) in [5, 5.41) is 3.84. The van der Waals surface area contributed by atoms with Crippen LogP contribution in [0.2, 0.25) is 0 Å². The molecule has 1 N–H and O–H groups in total. The van der Waals surface area contributed by atoms with Crippen LogP contribution in [0.1, 0.15) is 28.4 Å². The molecule has 1 aromatic heterocycles. The summed E-state index contributed by atoms with van der Waals surface area (Å²) in [5.41, 5.74) is 6.26. The number of fused-ring (bicyclic) bond motifs is 1. The van der Waals surface area contributed by atoms with Gasteiger partial charge in [-0.2, -0.15) is 0 Å². The monoisotopic (exact) mass is 396 g/mol. The van der Waals surface area contributed by atoms with Crippen LogP contribution in [0, 0.1) is 13.8 Å². The van der Waals surface area contributed by atoms with E-state index in [1.807, 2.05) is 87.5 Å². The second-order valence-electron chi connectivity index (χ2n) is 7.24. The van der Waals surface area contributed by atoms with E-state index in [-0.39, 0.29) is 5.91 Å². The molecule has 0 aliphatic rings. The van der Waals surface area contributed by atoms with Gasteiger partial charge in [0.25, 0.3) is 5.91 Å². The minimum atomic E-state index is -0.153. The number of ether oxygens (including phenoxy) is 1. The number of nitrogens with zero attached hydrogens (tertiary/aromatic N) is 1. The van der Waals surface area contributed by atoms with Gasteiger partial charge in [-0.1, -0.05) is 42.5 Å². The van der Waals surface area contributed by atoms with E-state index >= 15 is 0 Å². The van der Waals surface area contributed by atoms with Crippen LogP contribution in [0.15, 0.2) is 72.8 Å². The lowest BCUT2D eigenvalue weighted by Crippen LogP contribution is -2.13. The van der Waals surface area contributed by atoms with Crippen LogP contribution in [-0.4, -0.2) is 17.5 Å². The molecule has 4 heteroatoms. The maximum absolute atomic E-state index is 12.9. The first-order valence-corrected chi connectivity index (χ1v) is 10.1. The molecule has 1 heterocycles. The van der Waals surface area contributed by atoms with Crippen molar-refractivity contribution in [1.29, 1.82) is 0 Å². The first-order chi connectivity index (χ1) is 14.6. The van der Waals surface area contributed by atoms with Crippen LogP contribution in [0.5, 0.6) is 5.75 Å². The quantitative estimate of drug-likeness (QED) is 0.439. The van der Waals surface area contributed by atoms with Crippen molar-refractivity contribution in [3.63, 3.8) is 0 Å². The number of aromatic nitrogens is 1. The summed E-state index contributed by atoms with van der Waals surface area (Å²) in [4.78, 5) is 17.7. The average molecular weight is 396 g/mol.